The number of alkyl halides is 3. The van der Waals surface area contributed by atoms with Crippen LogP contribution in [0.3, 0.4) is 0 Å². The Labute approximate surface area is 194 Å². The van der Waals surface area contributed by atoms with Gasteiger partial charge in [0.2, 0.25) is 5.28 Å². The third-order valence-electron chi connectivity index (χ3n) is 5.84. The normalized spacial score (nSPS) is 16.2. The van der Waals surface area contributed by atoms with E-state index in [1.807, 2.05) is 6.07 Å². The molecule has 176 valence electrons. The Morgan fingerprint density at radius 2 is 1.85 bits per heavy atom. The van der Waals surface area contributed by atoms with E-state index < -0.39 is 17.8 Å². The van der Waals surface area contributed by atoms with Crippen molar-refractivity contribution in [3.63, 3.8) is 0 Å². The number of benzene rings is 1. The molecule has 0 amide bonds. The lowest BCUT2D eigenvalue weighted by molar-refractivity contribution is -0.137. The van der Waals surface area contributed by atoms with Gasteiger partial charge in [-0.05, 0) is 54.9 Å². The molecule has 3 heterocycles. The molecule has 1 fully saturated rings. The van der Waals surface area contributed by atoms with Crippen molar-refractivity contribution < 1.29 is 13.2 Å². The molecular weight excluding hydrogens is 455 g/mol. The third-order valence-corrected chi connectivity index (χ3v) is 6.01. The monoisotopic (exact) mass is 479 g/mol. The summed E-state index contributed by atoms with van der Waals surface area (Å²) in [4.78, 5) is 17.7. The molecule has 33 heavy (non-hydrogen) atoms. The van der Waals surface area contributed by atoms with Crippen LogP contribution < -0.4 is 16.0 Å². The summed E-state index contributed by atoms with van der Waals surface area (Å²) in [5, 5.41) is 3.89. The second-order valence-electron chi connectivity index (χ2n) is 8.07. The largest absolute Gasteiger partial charge is 0.416 e. The van der Waals surface area contributed by atoms with E-state index in [1.165, 1.54) is 6.07 Å². The lowest BCUT2D eigenvalue weighted by atomic mass is 10.0. The van der Waals surface area contributed by atoms with Gasteiger partial charge in [0.15, 0.2) is 0 Å². The number of halogens is 4. The number of hydrogen-bond acceptors (Lipinski definition) is 7. The topological polar surface area (TPSA) is 83.2 Å². The quantitative estimate of drug-likeness (QED) is 0.409. The first-order valence-corrected chi connectivity index (χ1v) is 11.1. The van der Waals surface area contributed by atoms with Crippen LogP contribution >= 0.6 is 11.6 Å². The van der Waals surface area contributed by atoms with E-state index in [2.05, 4.69) is 37.0 Å². The van der Waals surface area contributed by atoms with E-state index in [9.17, 15) is 13.2 Å². The molecule has 1 atom stereocenters. The molecule has 0 spiro atoms. The number of anilines is 3. The maximum Gasteiger partial charge on any atom is 0.416 e. The van der Waals surface area contributed by atoms with Gasteiger partial charge in [0, 0.05) is 37.3 Å². The van der Waals surface area contributed by atoms with Crippen molar-refractivity contribution in [3.8, 4) is 0 Å². The third kappa shape index (κ3) is 5.22. The zero-order chi connectivity index (χ0) is 23.8. The zero-order valence-corrected chi connectivity index (χ0v) is 19.1. The number of nitrogens with two attached hydrogens (primary N) is 1. The number of fused-ring (bicyclic) bond motifs is 1. The second-order valence-corrected chi connectivity index (χ2v) is 8.41. The average molecular weight is 480 g/mol. The number of nitrogen functional groups attached to an aromatic ring is 1. The summed E-state index contributed by atoms with van der Waals surface area (Å²) in [6.45, 7) is 8.49. The van der Waals surface area contributed by atoms with Crippen LogP contribution in [0.1, 0.15) is 31.0 Å². The lowest BCUT2D eigenvalue weighted by Crippen LogP contribution is -2.46. The number of hydrogen-bond donors (Lipinski definition) is 2. The van der Waals surface area contributed by atoms with E-state index in [0.717, 1.165) is 50.7 Å². The average Bonchev–Trinajstić information content (AvgIpc) is 2.78. The van der Waals surface area contributed by atoms with Gasteiger partial charge in [-0.3, -0.25) is 0 Å². The van der Waals surface area contributed by atoms with Crippen LogP contribution in [0.25, 0.3) is 10.9 Å². The van der Waals surface area contributed by atoms with Gasteiger partial charge in [-0.1, -0.05) is 6.92 Å². The minimum absolute atomic E-state index is 0.0202. The Hall–Kier alpha value is -2.85. The lowest BCUT2D eigenvalue weighted by Gasteiger charge is -2.34. The smallest absolute Gasteiger partial charge is 0.399 e. The molecule has 0 radical (unpaired) electrons. The summed E-state index contributed by atoms with van der Waals surface area (Å²) in [6, 6.07) is 4.89. The Morgan fingerprint density at radius 3 is 2.52 bits per heavy atom. The summed E-state index contributed by atoms with van der Waals surface area (Å²) in [5.74, 6) is 1.22. The maximum atomic E-state index is 13.2. The number of rotatable bonds is 5. The van der Waals surface area contributed by atoms with Crippen molar-refractivity contribution in [1.29, 1.82) is 0 Å². The second kappa shape index (κ2) is 9.18. The van der Waals surface area contributed by atoms with Gasteiger partial charge in [-0.25, -0.2) is 15.0 Å². The SMILES string of the molecule is CCN1CCN(c2cc3c(NC(C)c4cc(N)cc(C(F)(F)F)c4)nc(Cl)nc3cn2)CC1. The number of nitrogens with zero attached hydrogens (tertiary/aromatic N) is 5. The van der Waals surface area contributed by atoms with Gasteiger partial charge >= 0.3 is 6.18 Å². The van der Waals surface area contributed by atoms with E-state index in [4.69, 9.17) is 17.3 Å². The zero-order valence-electron chi connectivity index (χ0n) is 18.3. The molecule has 3 N–H and O–H groups in total. The highest BCUT2D eigenvalue weighted by Crippen LogP contribution is 2.34. The fourth-order valence-corrected chi connectivity index (χ4v) is 4.12. The summed E-state index contributed by atoms with van der Waals surface area (Å²) in [7, 11) is 0. The number of nitrogens with one attached hydrogen (secondary N) is 1. The van der Waals surface area contributed by atoms with Crippen LogP contribution in [0, 0.1) is 0 Å². The molecule has 0 bridgehead atoms. The number of likely N-dealkylation sites (N-methyl/N-ethyl adjacent to an activating group) is 1. The Bertz CT molecular complexity index is 1150. The highest BCUT2D eigenvalue weighted by Gasteiger charge is 2.31. The molecule has 4 rings (SSSR count). The molecule has 1 aliphatic heterocycles. The molecule has 0 aliphatic carbocycles. The van der Waals surface area contributed by atoms with E-state index in [0.29, 0.717) is 22.3 Å². The predicted octanol–water partition coefficient (Wildman–Crippen LogP) is 4.59. The first-order valence-electron chi connectivity index (χ1n) is 10.7. The Kier molecular flexibility index (Phi) is 6.49. The van der Waals surface area contributed by atoms with Crippen LogP contribution in [-0.2, 0) is 6.18 Å². The number of pyridine rings is 1. The van der Waals surface area contributed by atoms with Crippen molar-refractivity contribution in [2.45, 2.75) is 26.1 Å². The standard InChI is InChI=1S/C22H25ClF3N7/c1-3-32-4-6-33(7-5-32)19-11-17-18(12-28-19)30-21(23)31-20(17)29-13(2)14-8-15(22(24,25)26)10-16(27)9-14/h8-13H,3-7,27H2,1-2H3,(H,29,30,31). The van der Waals surface area contributed by atoms with E-state index in [1.54, 1.807) is 13.1 Å². The van der Waals surface area contributed by atoms with Crippen molar-refractivity contribution in [2.24, 2.45) is 0 Å². The molecule has 1 aliphatic rings. The number of piperazine rings is 1. The van der Waals surface area contributed by atoms with Gasteiger partial charge < -0.3 is 20.9 Å². The highest BCUT2D eigenvalue weighted by atomic mass is 35.5. The maximum absolute atomic E-state index is 13.2. The Balaban J connectivity index is 1.65. The highest BCUT2D eigenvalue weighted by molar-refractivity contribution is 6.28. The molecular formula is C22H25ClF3N7. The first-order chi connectivity index (χ1) is 15.6. The van der Waals surface area contributed by atoms with Crippen LogP contribution in [-0.4, -0.2) is 52.6 Å². The summed E-state index contributed by atoms with van der Waals surface area (Å²) >= 11 is 6.11. The van der Waals surface area contributed by atoms with Crippen LogP contribution in [0.5, 0.6) is 0 Å². The van der Waals surface area contributed by atoms with E-state index >= 15 is 0 Å². The first kappa shape index (κ1) is 23.3. The van der Waals surface area contributed by atoms with Crippen molar-refractivity contribution in [3.05, 3.63) is 46.9 Å². The van der Waals surface area contributed by atoms with Gasteiger partial charge in [0.25, 0.3) is 0 Å². The van der Waals surface area contributed by atoms with Crippen molar-refractivity contribution in [1.82, 2.24) is 19.9 Å². The van der Waals surface area contributed by atoms with Crippen LogP contribution in [0.2, 0.25) is 5.28 Å². The van der Waals surface area contributed by atoms with Crippen molar-refractivity contribution in [2.75, 3.05) is 48.7 Å². The van der Waals surface area contributed by atoms with E-state index in [-0.39, 0.29) is 11.0 Å². The van der Waals surface area contributed by atoms with Gasteiger partial charge in [0.05, 0.1) is 23.3 Å². The predicted molar refractivity (Wildman–Crippen MR) is 125 cm³/mol. The van der Waals surface area contributed by atoms with Crippen molar-refractivity contribution >= 4 is 39.8 Å². The fraction of sp³-hybridized carbons (Fsp3) is 0.409. The molecule has 1 aromatic carbocycles. The molecule has 0 saturated carbocycles. The molecule has 11 heteroatoms. The van der Waals surface area contributed by atoms with Gasteiger partial charge in [-0.15, -0.1) is 0 Å². The number of aromatic nitrogens is 3. The summed E-state index contributed by atoms with van der Waals surface area (Å²) in [6.07, 6.45) is -2.85. The van der Waals surface area contributed by atoms with Crippen LogP contribution in [0.15, 0.2) is 30.5 Å². The fourth-order valence-electron chi connectivity index (χ4n) is 3.95. The summed E-state index contributed by atoms with van der Waals surface area (Å²) in [5.41, 5.74) is 5.90. The van der Waals surface area contributed by atoms with Gasteiger partial charge in [-0.2, -0.15) is 13.2 Å². The molecule has 1 saturated heterocycles. The molecule has 3 aromatic rings. The Morgan fingerprint density at radius 1 is 1.12 bits per heavy atom. The van der Waals surface area contributed by atoms with Crippen LogP contribution in [0.4, 0.5) is 30.5 Å². The minimum atomic E-state index is -4.49. The molecule has 1 unspecified atom stereocenters. The van der Waals surface area contributed by atoms with Gasteiger partial charge in [0.1, 0.15) is 11.6 Å². The summed E-state index contributed by atoms with van der Waals surface area (Å²) < 4.78 is 39.7. The minimum Gasteiger partial charge on any atom is -0.399 e. The molecule has 7 nitrogen and oxygen atoms in total. The molecule has 2 aromatic heterocycles.